The summed E-state index contributed by atoms with van der Waals surface area (Å²) in [7, 11) is 1.60. The van der Waals surface area contributed by atoms with E-state index in [2.05, 4.69) is 4.98 Å². The summed E-state index contributed by atoms with van der Waals surface area (Å²) in [5, 5.41) is 0. The number of benzene rings is 1. The molecule has 0 saturated heterocycles. The van der Waals surface area contributed by atoms with Crippen molar-refractivity contribution in [2.75, 3.05) is 7.05 Å². The van der Waals surface area contributed by atoms with Crippen molar-refractivity contribution in [2.45, 2.75) is 19.4 Å². The third kappa shape index (κ3) is 3.24. The molecule has 3 nitrogen and oxygen atoms in total. The predicted octanol–water partition coefficient (Wildman–Crippen LogP) is 3.32. The molecule has 1 heterocycles. The number of aromatic nitrogens is 1. The molecule has 0 fully saturated rings. The molecule has 0 spiro atoms. The second kappa shape index (κ2) is 6.43. The van der Waals surface area contributed by atoms with Crippen LogP contribution in [-0.4, -0.2) is 22.8 Å². The topological polar surface area (TPSA) is 33.2 Å². The third-order valence-electron chi connectivity index (χ3n) is 3.34. The van der Waals surface area contributed by atoms with E-state index in [0.717, 1.165) is 6.07 Å². The van der Waals surface area contributed by atoms with E-state index in [1.165, 1.54) is 17.0 Å². The smallest absolute Gasteiger partial charge is 0.222 e. The molecule has 0 N–H and O–H groups in total. The summed E-state index contributed by atoms with van der Waals surface area (Å²) in [6.07, 6.45) is 3.48. The average Bonchev–Trinajstić information content (AvgIpc) is 2.49. The fourth-order valence-corrected chi connectivity index (χ4v) is 2.27. The minimum atomic E-state index is -0.681. The van der Waals surface area contributed by atoms with Crippen molar-refractivity contribution in [1.29, 1.82) is 0 Å². The largest absolute Gasteiger partial charge is 0.334 e. The maximum Gasteiger partial charge on any atom is 0.222 e. The molecule has 1 aromatic heterocycles. The Morgan fingerprint density at radius 2 is 2.10 bits per heavy atom. The monoisotopic (exact) mass is 290 g/mol. The SMILES string of the molecule is CCC(=O)N(C)[C@@H](c1cccnc1)c1ccc(F)cc1F. The Bertz CT molecular complexity index is 631. The Morgan fingerprint density at radius 3 is 2.67 bits per heavy atom. The summed E-state index contributed by atoms with van der Waals surface area (Å²) in [6.45, 7) is 1.74. The van der Waals surface area contributed by atoms with Gasteiger partial charge in [-0.2, -0.15) is 0 Å². The van der Waals surface area contributed by atoms with Crippen molar-refractivity contribution in [1.82, 2.24) is 9.88 Å². The van der Waals surface area contributed by atoms with E-state index in [-0.39, 0.29) is 11.5 Å². The van der Waals surface area contributed by atoms with Crippen LogP contribution in [0.2, 0.25) is 0 Å². The van der Waals surface area contributed by atoms with Crippen LogP contribution in [-0.2, 0) is 4.79 Å². The van der Waals surface area contributed by atoms with Gasteiger partial charge in [0.2, 0.25) is 5.91 Å². The van der Waals surface area contributed by atoms with Gasteiger partial charge in [0.1, 0.15) is 11.6 Å². The molecule has 21 heavy (non-hydrogen) atoms. The van der Waals surface area contributed by atoms with E-state index in [0.29, 0.717) is 12.0 Å². The van der Waals surface area contributed by atoms with Gasteiger partial charge >= 0.3 is 0 Å². The zero-order valence-corrected chi connectivity index (χ0v) is 11.9. The molecular formula is C16H16F2N2O. The van der Waals surface area contributed by atoms with E-state index in [9.17, 15) is 13.6 Å². The summed E-state index contributed by atoms with van der Waals surface area (Å²) in [4.78, 5) is 17.5. The molecule has 0 aliphatic rings. The van der Waals surface area contributed by atoms with E-state index in [1.54, 1.807) is 38.5 Å². The van der Waals surface area contributed by atoms with Crippen LogP contribution in [0.25, 0.3) is 0 Å². The molecule has 2 aromatic rings. The van der Waals surface area contributed by atoms with Crippen molar-refractivity contribution >= 4 is 5.91 Å². The predicted molar refractivity (Wildman–Crippen MR) is 75.5 cm³/mol. The van der Waals surface area contributed by atoms with Gasteiger partial charge in [-0.15, -0.1) is 0 Å². The Kier molecular flexibility index (Phi) is 4.62. The molecule has 0 bridgehead atoms. The minimum Gasteiger partial charge on any atom is -0.334 e. The first kappa shape index (κ1) is 15.1. The van der Waals surface area contributed by atoms with Gasteiger partial charge in [-0.1, -0.05) is 19.1 Å². The lowest BCUT2D eigenvalue weighted by Gasteiger charge is -2.29. The second-order valence-corrected chi connectivity index (χ2v) is 4.71. The van der Waals surface area contributed by atoms with E-state index < -0.39 is 17.7 Å². The molecule has 5 heteroatoms. The van der Waals surface area contributed by atoms with Gasteiger partial charge in [-0.05, 0) is 17.7 Å². The van der Waals surface area contributed by atoms with Crippen LogP contribution in [0.3, 0.4) is 0 Å². The first-order chi connectivity index (χ1) is 10.0. The summed E-state index contributed by atoms with van der Waals surface area (Å²) < 4.78 is 27.2. The number of pyridine rings is 1. The number of hydrogen-bond donors (Lipinski definition) is 0. The Morgan fingerprint density at radius 1 is 1.33 bits per heavy atom. The van der Waals surface area contributed by atoms with E-state index in [1.807, 2.05) is 0 Å². The van der Waals surface area contributed by atoms with Crippen molar-refractivity contribution in [3.63, 3.8) is 0 Å². The zero-order valence-electron chi connectivity index (χ0n) is 11.9. The van der Waals surface area contributed by atoms with Crippen LogP contribution in [0.15, 0.2) is 42.7 Å². The lowest BCUT2D eigenvalue weighted by molar-refractivity contribution is -0.131. The number of rotatable bonds is 4. The number of nitrogens with zero attached hydrogens (tertiary/aromatic N) is 2. The highest BCUT2D eigenvalue weighted by Crippen LogP contribution is 2.29. The lowest BCUT2D eigenvalue weighted by atomic mass is 9.98. The van der Waals surface area contributed by atoms with Crippen molar-refractivity contribution in [3.8, 4) is 0 Å². The molecule has 1 amide bonds. The molecule has 0 aliphatic carbocycles. The van der Waals surface area contributed by atoms with Crippen molar-refractivity contribution in [2.24, 2.45) is 0 Å². The lowest BCUT2D eigenvalue weighted by Crippen LogP contribution is -2.32. The Balaban J connectivity index is 2.53. The number of halogens is 2. The van der Waals surface area contributed by atoms with Crippen LogP contribution in [0.1, 0.15) is 30.5 Å². The minimum absolute atomic E-state index is 0.132. The van der Waals surface area contributed by atoms with Crippen LogP contribution in [0.5, 0.6) is 0 Å². The summed E-state index contributed by atoms with van der Waals surface area (Å²) in [5.41, 5.74) is 0.918. The van der Waals surface area contributed by atoms with Crippen LogP contribution >= 0.6 is 0 Å². The maximum atomic E-state index is 14.1. The summed E-state index contributed by atoms with van der Waals surface area (Å²) in [5.74, 6) is -1.46. The molecule has 0 radical (unpaired) electrons. The first-order valence-electron chi connectivity index (χ1n) is 6.65. The second-order valence-electron chi connectivity index (χ2n) is 4.71. The molecule has 0 aliphatic heterocycles. The number of hydrogen-bond acceptors (Lipinski definition) is 2. The van der Waals surface area contributed by atoms with Crippen LogP contribution in [0, 0.1) is 11.6 Å². The average molecular weight is 290 g/mol. The highest BCUT2D eigenvalue weighted by Gasteiger charge is 2.25. The van der Waals surface area contributed by atoms with Gasteiger partial charge in [0, 0.05) is 37.5 Å². The van der Waals surface area contributed by atoms with Gasteiger partial charge in [0.15, 0.2) is 0 Å². The molecule has 1 atom stereocenters. The highest BCUT2D eigenvalue weighted by atomic mass is 19.1. The van der Waals surface area contributed by atoms with Crippen molar-refractivity contribution in [3.05, 3.63) is 65.5 Å². The standard InChI is InChI=1S/C16H16F2N2O/c1-3-15(21)20(2)16(11-5-4-8-19-10-11)13-7-6-12(17)9-14(13)18/h4-10,16H,3H2,1-2H3/t16-/m0/s1. The molecule has 1 aromatic carbocycles. The van der Waals surface area contributed by atoms with E-state index in [4.69, 9.17) is 0 Å². The normalized spacial score (nSPS) is 12.0. The van der Waals surface area contributed by atoms with Crippen LogP contribution < -0.4 is 0 Å². The Labute approximate surface area is 122 Å². The maximum absolute atomic E-state index is 14.1. The summed E-state index contributed by atoms with van der Waals surface area (Å²) in [6, 6.07) is 6.22. The van der Waals surface area contributed by atoms with Crippen LogP contribution in [0.4, 0.5) is 8.78 Å². The van der Waals surface area contributed by atoms with Gasteiger partial charge in [0.25, 0.3) is 0 Å². The first-order valence-corrected chi connectivity index (χ1v) is 6.65. The van der Waals surface area contributed by atoms with Gasteiger partial charge in [-0.3, -0.25) is 9.78 Å². The zero-order chi connectivity index (χ0) is 15.4. The number of carbonyl (C=O) groups excluding carboxylic acids is 1. The fraction of sp³-hybridized carbons (Fsp3) is 0.250. The molecule has 0 unspecified atom stereocenters. The van der Waals surface area contributed by atoms with Gasteiger partial charge in [0.05, 0.1) is 6.04 Å². The third-order valence-corrected chi connectivity index (χ3v) is 3.34. The molecule has 110 valence electrons. The Hall–Kier alpha value is -2.30. The molecule has 2 rings (SSSR count). The quantitative estimate of drug-likeness (QED) is 0.865. The summed E-state index contributed by atoms with van der Waals surface area (Å²) >= 11 is 0. The molecular weight excluding hydrogens is 274 g/mol. The van der Waals surface area contributed by atoms with E-state index >= 15 is 0 Å². The number of carbonyl (C=O) groups is 1. The fourth-order valence-electron chi connectivity index (χ4n) is 2.27. The molecule has 0 saturated carbocycles. The van der Waals surface area contributed by atoms with Crippen molar-refractivity contribution < 1.29 is 13.6 Å². The number of amides is 1. The van der Waals surface area contributed by atoms with Gasteiger partial charge in [-0.25, -0.2) is 8.78 Å². The van der Waals surface area contributed by atoms with Gasteiger partial charge < -0.3 is 4.90 Å². The highest BCUT2D eigenvalue weighted by molar-refractivity contribution is 5.76.